The highest BCUT2D eigenvalue weighted by molar-refractivity contribution is 7.47. The van der Waals surface area contributed by atoms with E-state index in [0.29, 0.717) is 23.9 Å². The van der Waals surface area contributed by atoms with Crippen molar-refractivity contribution in [1.29, 1.82) is 0 Å². The van der Waals surface area contributed by atoms with Gasteiger partial charge >= 0.3 is 13.8 Å². The molecule has 382 valence electrons. The van der Waals surface area contributed by atoms with E-state index < -0.39 is 20.0 Å². The molecule has 0 spiro atoms. The molecule has 0 bridgehead atoms. The van der Waals surface area contributed by atoms with E-state index in [1.54, 1.807) is 0 Å². The molecule has 0 aliphatic heterocycles. The molecule has 66 heavy (non-hydrogen) atoms. The van der Waals surface area contributed by atoms with Gasteiger partial charge in [-0.2, -0.15) is 0 Å². The number of hydrogen-bond acceptors (Lipinski definition) is 6. The Balaban J connectivity index is 5.47. The van der Waals surface area contributed by atoms with E-state index in [-0.39, 0.29) is 31.5 Å². The Morgan fingerprint density at radius 1 is 0.545 bits per heavy atom. The van der Waals surface area contributed by atoms with Crippen LogP contribution in [-0.2, 0) is 27.9 Å². The van der Waals surface area contributed by atoms with Crippen LogP contribution in [0.1, 0.15) is 220 Å². The van der Waals surface area contributed by atoms with Crippen molar-refractivity contribution in [2.45, 2.75) is 232 Å². The van der Waals surface area contributed by atoms with Crippen molar-refractivity contribution in [3.63, 3.8) is 0 Å². The lowest BCUT2D eigenvalue weighted by molar-refractivity contribution is -0.870. The maximum Gasteiger partial charge on any atom is 0.472 e. The van der Waals surface area contributed by atoms with Gasteiger partial charge in [0.25, 0.3) is 0 Å². The predicted octanol–water partition coefficient (Wildman–Crippen LogP) is 15.7. The van der Waals surface area contributed by atoms with Gasteiger partial charge in [0.1, 0.15) is 19.3 Å². The summed E-state index contributed by atoms with van der Waals surface area (Å²) in [6, 6.07) is -0.863. The largest absolute Gasteiger partial charge is 0.472 e. The third-order valence-electron chi connectivity index (χ3n) is 11.5. The number of quaternary nitrogens is 1. The number of carbonyl (C=O) groups is 2. The summed E-state index contributed by atoms with van der Waals surface area (Å²) in [7, 11) is 1.47. The van der Waals surface area contributed by atoms with Gasteiger partial charge < -0.3 is 19.4 Å². The Labute approximate surface area is 406 Å². The highest BCUT2D eigenvalue weighted by Gasteiger charge is 2.30. The van der Waals surface area contributed by atoms with E-state index in [4.69, 9.17) is 13.8 Å². The molecule has 3 atom stereocenters. The van der Waals surface area contributed by atoms with Crippen LogP contribution in [0.2, 0.25) is 0 Å². The minimum atomic E-state index is -4.45. The molecule has 3 unspecified atom stereocenters. The molecule has 0 radical (unpaired) electrons. The summed E-state index contributed by atoms with van der Waals surface area (Å²) in [5, 5.41) is 3.03. The zero-order chi connectivity index (χ0) is 48.7. The van der Waals surface area contributed by atoms with Gasteiger partial charge in [-0.1, -0.05) is 203 Å². The molecule has 9 nitrogen and oxygen atoms in total. The van der Waals surface area contributed by atoms with Crippen molar-refractivity contribution in [2.75, 3.05) is 40.9 Å². The maximum absolute atomic E-state index is 13.4. The second-order valence-electron chi connectivity index (χ2n) is 19.1. The third kappa shape index (κ3) is 46.6. The van der Waals surface area contributed by atoms with Gasteiger partial charge in [0.15, 0.2) is 0 Å². The number of nitrogens with one attached hydrogen (secondary N) is 1. The Hall–Kier alpha value is -2.55. The Bertz CT molecular complexity index is 1370. The minimum Gasteiger partial charge on any atom is -0.456 e. The first kappa shape index (κ1) is 63.5. The zero-order valence-corrected chi connectivity index (χ0v) is 44.3. The molecule has 1 amide bonds. The smallest absolute Gasteiger partial charge is 0.456 e. The second-order valence-corrected chi connectivity index (χ2v) is 20.6. The predicted molar refractivity (Wildman–Crippen MR) is 281 cm³/mol. The Kier molecular flexibility index (Phi) is 44.4. The van der Waals surface area contributed by atoms with Crippen LogP contribution in [-0.4, -0.2) is 74.3 Å². The van der Waals surface area contributed by atoms with E-state index in [1.165, 1.54) is 77.0 Å². The standard InChI is InChI=1S/C56H101N2O7P/c1-7-10-13-16-19-22-25-28-29-31-33-36-39-42-45-48-55(59)57-53(52-64-66(61,62)63-51-50-58(4,5)6)54(47-44-41-38-35-32-27-24-21-18-15-12-9-3)65-56(60)49-46-43-40-37-34-30-26-23-20-17-14-11-8-2/h11,14,17,19-20,22-23,25-26,28,44,47,53-54H,7-10,12-13,15-16,18,21,24,27,29-43,45-46,48-52H2,1-6H3,(H-,57,59,61,62)/p+1/b14-11+,20-17+,22-19+,26-23-,28-25+,47-44+. The van der Waals surface area contributed by atoms with Crippen LogP contribution in [0.25, 0.3) is 0 Å². The monoisotopic (exact) mass is 946 g/mol. The van der Waals surface area contributed by atoms with Crippen molar-refractivity contribution in [3.05, 3.63) is 72.9 Å². The molecule has 0 heterocycles. The maximum atomic E-state index is 13.4. The van der Waals surface area contributed by atoms with Gasteiger partial charge in [0, 0.05) is 12.8 Å². The molecule has 0 saturated heterocycles. The quantitative estimate of drug-likeness (QED) is 0.0156. The first-order chi connectivity index (χ1) is 31.9. The number of rotatable bonds is 47. The van der Waals surface area contributed by atoms with Crippen LogP contribution in [0.15, 0.2) is 72.9 Å². The average Bonchev–Trinajstić information content (AvgIpc) is 3.27. The number of hydrogen-bond donors (Lipinski definition) is 2. The van der Waals surface area contributed by atoms with Gasteiger partial charge in [-0.05, 0) is 76.7 Å². The van der Waals surface area contributed by atoms with Crippen LogP contribution in [0.4, 0.5) is 0 Å². The molecule has 0 rings (SSSR count). The van der Waals surface area contributed by atoms with E-state index >= 15 is 0 Å². The number of amides is 1. The van der Waals surface area contributed by atoms with Crippen LogP contribution in [0.3, 0.4) is 0 Å². The molecule has 10 heteroatoms. The average molecular weight is 946 g/mol. The molecule has 0 fully saturated rings. The van der Waals surface area contributed by atoms with E-state index in [0.717, 1.165) is 103 Å². The molecule has 0 aliphatic carbocycles. The lowest BCUT2D eigenvalue weighted by atomic mass is 10.0. The summed E-state index contributed by atoms with van der Waals surface area (Å²) in [5.74, 6) is -0.547. The number of likely N-dealkylation sites (N-methyl/N-ethyl adjacent to an activating group) is 1. The van der Waals surface area contributed by atoms with Crippen molar-refractivity contribution < 1.29 is 37.3 Å². The van der Waals surface area contributed by atoms with Crippen molar-refractivity contribution in [3.8, 4) is 0 Å². The van der Waals surface area contributed by atoms with Crippen molar-refractivity contribution in [2.24, 2.45) is 0 Å². The number of nitrogens with zero attached hydrogens (tertiary/aromatic N) is 1. The van der Waals surface area contributed by atoms with Crippen molar-refractivity contribution in [1.82, 2.24) is 5.32 Å². The molecule has 0 aliphatic rings. The summed E-state index contributed by atoms with van der Waals surface area (Å²) < 4.78 is 30.5. The van der Waals surface area contributed by atoms with Crippen LogP contribution < -0.4 is 5.32 Å². The molecule has 0 saturated carbocycles. The normalized spacial score (nSPS) is 14.5. The summed E-state index contributed by atoms with van der Waals surface area (Å²) in [4.78, 5) is 37.4. The Morgan fingerprint density at radius 3 is 1.48 bits per heavy atom. The van der Waals surface area contributed by atoms with Crippen LogP contribution in [0, 0.1) is 0 Å². The van der Waals surface area contributed by atoms with Crippen molar-refractivity contribution >= 4 is 19.7 Å². The van der Waals surface area contributed by atoms with E-state index in [9.17, 15) is 19.0 Å². The lowest BCUT2D eigenvalue weighted by Gasteiger charge is -2.27. The molecular formula is C56H102N2O7P+. The molecule has 0 aromatic heterocycles. The fourth-order valence-electron chi connectivity index (χ4n) is 7.28. The van der Waals surface area contributed by atoms with Gasteiger partial charge in [-0.25, -0.2) is 4.57 Å². The number of carbonyl (C=O) groups excluding carboxylic acids is 2. The fourth-order valence-corrected chi connectivity index (χ4v) is 8.02. The third-order valence-corrected chi connectivity index (χ3v) is 12.5. The molecule has 0 aromatic rings. The second kappa shape index (κ2) is 46.2. The number of esters is 1. The van der Waals surface area contributed by atoms with Gasteiger partial charge in [-0.15, -0.1) is 0 Å². The van der Waals surface area contributed by atoms with E-state index in [2.05, 4.69) is 86.8 Å². The first-order valence-corrected chi connectivity index (χ1v) is 28.3. The highest BCUT2D eigenvalue weighted by Crippen LogP contribution is 2.43. The molecule has 2 N–H and O–H groups in total. The number of allylic oxidation sites excluding steroid dienone is 11. The topological polar surface area (TPSA) is 111 Å². The first-order valence-electron chi connectivity index (χ1n) is 26.8. The van der Waals surface area contributed by atoms with Crippen LogP contribution in [0.5, 0.6) is 0 Å². The SMILES string of the molecule is CC/C=C/C=C/C=C\CCCCCCCC(=O)OC(/C=C/CCCCCCCCCCCC)C(COP(=O)(O)OCC[N+](C)(C)C)NC(=O)CCCCCCCC/C=C/C=C/CCCCC. The van der Waals surface area contributed by atoms with Gasteiger partial charge in [-0.3, -0.25) is 18.6 Å². The number of unbranched alkanes of at least 4 members (excludes halogenated alkanes) is 24. The summed E-state index contributed by atoms with van der Waals surface area (Å²) >= 11 is 0. The summed E-state index contributed by atoms with van der Waals surface area (Å²) in [5.41, 5.74) is 0. The van der Waals surface area contributed by atoms with E-state index in [1.807, 2.05) is 33.3 Å². The fraction of sp³-hybridized carbons (Fsp3) is 0.750. The number of phosphoric ester groups is 1. The lowest BCUT2D eigenvalue weighted by Crippen LogP contribution is -2.47. The molecular weight excluding hydrogens is 844 g/mol. The van der Waals surface area contributed by atoms with Gasteiger partial charge in [0.05, 0.1) is 33.8 Å². The van der Waals surface area contributed by atoms with Gasteiger partial charge in [0.2, 0.25) is 5.91 Å². The number of ether oxygens (including phenoxy) is 1. The minimum absolute atomic E-state index is 0.0314. The highest BCUT2D eigenvalue weighted by atomic mass is 31.2. The molecule has 0 aromatic carbocycles. The number of phosphoric acid groups is 1. The summed E-state index contributed by atoms with van der Waals surface area (Å²) in [6.07, 6.45) is 57.5. The Morgan fingerprint density at radius 2 is 0.970 bits per heavy atom. The zero-order valence-electron chi connectivity index (χ0n) is 43.4. The summed E-state index contributed by atoms with van der Waals surface area (Å²) in [6.45, 7) is 6.80. The van der Waals surface area contributed by atoms with Crippen LogP contribution >= 0.6 is 7.82 Å².